The van der Waals surface area contributed by atoms with Crippen molar-refractivity contribution in [1.82, 2.24) is 9.88 Å². The van der Waals surface area contributed by atoms with Crippen molar-refractivity contribution in [2.24, 2.45) is 5.73 Å². The predicted molar refractivity (Wildman–Crippen MR) is 110 cm³/mol. The molecule has 0 spiro atoms. The number of hydrogen-bond donors (Lipinski definition) is 1. The number of nitrogens with two attached hydrogens (primary N) is 1. The second kappa shape index (κ2) is 10.4. The van der Waals surface area contributed by atoms with Crippen molar-refractivity contribution >= 4 is 5.91 Å². The van der Waals surface area contributed by atoms with Gasteiger partial charge in [0.25, 0.3) is 0 Å². The quantitative estimate of drug-likeness (QED) is 0.579. The van der Waals surface area contributed by atoms with E-state index in [-0.39, 0.29) is 5.91 Å². The molecular weight excluding hydrogens is 350 g/mol. The van der Waals surface area contributed by atoms with E-state index >= 15 is 0 Å². The van der Waals surface area contributed by atoms with E-state index in [0.717, 1.165) is 23.3 Å². The lowest BCUT2D eigenvalue weighted by atomic mass is 10.1. The molecule has 146 valence electrons. The molecule has 0 aliphatic rings. The van der Waals surface area contributed by atoms with Gasteiger partial charge in [-0.2, -0.15) is 0 Å². The van der Waals surface area contributed by atoms with E-state index in [9.17, 15) is 4.79 Å². The smallest absolute Gasteiger partial charge is 0.222 e. The number of carbonyl (C=O) groups excluding carboxylic acids is 1. The Kier molecular flexibility index (Phi) is 7.38. The van der Waals surface area contributed by atoms with Gasteiger partial charge in [0.15, 0.2) is 11.7 Å². The molecule has 0 atom stereocenters. The Balaban J connectivity index is 1.52. The molecule has 1 heterocycles. The number of aromatic nitrogens is 1. The first-order valence-corrected chi connectivity index (χ1v) is 9.78. The predicted octanol–water partition coefficient (Wildman–Crippen LogP) is 4.04. The maximum atomic E-state index is 12.7. The zero-order valence-corrected chi connectivity index (χ0v) is 16.1. The van der Waals surface area contributed by atoms with E-state index in [1.807, 2.05) is 65.6 Å². The van der Waals surface area contributed by atoms with Crippen molar-refractivity contribution in [2.75, 3.05) is 13.1 Å². The van der Waals surface area contributed by atoms with E-state index in [1.54, 1.807) is 6.20 Å². The van der Waals surface area contributed by atoms with E-state index in [2.05, 4.69) is 4.98 Å². The summed E-state index contributed by atoms with van der Waals surface area (Å²) >= 11 is 0. The lowest BCUT2D eigenvalue weighted by Gasteiger charge is -2.22. The van der Waals surface area contributed by atoms with Gasteiger partial charge in [-0.05, 0) is 24.9 Å². The summed E-state index contributed by atoms with van der Waals surface area (Å²) in [6.45, 7) is 1.88. The second-order valence-electron chi connectivity index (χ2n) is 6.78. The molecule has 0 radical (unpaired) electrons. The normalized spacial score (nSPS) is 10.8. The third-order valence-corrected chi connectivity index (χ3v) is 4.59. The van der Waals surface area contributed by atoms with Crippen molar-refractivity contribution in [1.29, 1.82) is 0 Å². The van der Waals surface area contributed by atoms with Crippen LogP contribution in [0.4, 0.5) is 0 Å². The van der Waals surface area contributed by atoms with Gasteiger partial charge in [-0.3, -0.25) is 4.79 Å². The van der Waals surface area contributed by atoms with Crippen LogP contribution < -0.4 is 5.73 Å². The molecule has 3 aromatic rings. The Hall–Kier alpha value is -2.92. The minimum Gasteiger partial charge on any atom is -0.441 e. The minimum absolute atomic E-state index is 0.146. The molecule has 1 aromatic heterocycles. The Morgan fingerprint density at radius 3 is 2.43 bits per heavy atom. The van der Waals surface area contributed by atoms with Crippen molar-refractivity contribution in [3.8, 4) is 11.3 Å². The lowest BCUT2D eigenvalue weighted by molar-refractivity contribution is -0.132. The molecule has 1 amide bonds. The summed E-state index contributed by atoms with van der Waals surface area (Å²) < 4.78 is 5.82. The Labute approximate surface area is 166 Å². The Bertz CT molecular complexity index is 847. The van der Waals surface area contributed by atoms with Crippen molar-refractivity contribution in [3.63, 3.8) is 0 Å². The maximum absolute atomic E-state index is 12.7. The van der Waals surface area contributed by atoms with E-state index in [4.69, 9.17) is 10.2 Å². The second-order valence-corrected chi connectivity index (χ2v) is 6.78. The molecule has 0 bridgehead atoms. The average Bonchev–Trinajstić information content (AvgIpc) is 3.21. The van der Waals surface area contributed by atoms with Gasteiger partial charge in [-0.1, -0.05) is 60.7 Å². The number of hydrogen-bond acceptors (Lipinski definition) is 4. The highest BCUT2D eigenvalue weighted by Gasteiger charge is 2.14. The van der Waals surface area contributed by atoms with Crippen LogP contribution in [-0.2, 0) is 17.8 Å². The van der Waals surface area contributed by atoms with Crippen LogP contribution in [0.15, 0.2) is 71.3 Å². The molecule has 0 aliphatic carbocycles. The van der Waals surface area contributed by atoms with Crippen LogP contribution in [0.5, 0.6) is 0 Å². The molecule has 3 rings (SSSR count). The topological polar surface area (TPSA) is 72.4 Å². The van der Waals surface area contributed by atoms with Crippen LogP contribution >= 0.6 is 0 Å². The highest BCUT2D eigenvalue weighted by Crippen LogP contribution is 2.20. The van der Waals surface area contributed by atoms with Crippen LogP contribution in [0.3, 0.4) is 0 Å². The molecule has 0 unspecified atom stereocenters. The van der Waals surface area contributed by atoms with Gasteiger partial charge in [0.05, 0.1) is 6.20 Å². The third-order valence-electron chi connectivity index (χ3n) is 4.59. The largest absolute Gasteiger partial charge is 0.441 e. The number of oxazole rings is 1. The first-order chi connectivity index (χ1) is 13.8. The fraction of sp³-hybridized carbons (Fsp3) is 0.304. The number of carbonyl (C=O) groups is 1. The SMILES string of the molecule is NCCCN(Cc1ccccc1)C(=O)CCCc1ncc(-c2ccccc2)o1. The Morgan fingerprint density at radius 2 is 1.71 bits per heavy atom. The van der Waals surface area contributed by atoms with Crippen LogP contribution in [-0.4, -0.2) is 28.9 Å². The number of aryl methyl sites for hydroxylation is 1. The first kappa shape index (κ1) is 19.8. The zero-order valence-electron chi connectivity index (χ0n) is 16.1. The summed E-state index contributed by atoms with van der Waals surface area (Å²) in [7, 11) is 0. The fourth-order valence-electron chi connectivity index (χ4n) is 3.09. The van der Waals surface area contributed by atoms with Crippen LogP contribution in [0, 0.1) is 0 Å². The summed E-state index contributed by atoms with van der Waals surface area (Å²) in [5, 5.41) is 0. The van der Waals surface area contributed by atoms with Crippen molar-refractivity contribution in [2.45, 2.75) is 32.2 Å². The van der Waals surface area contributed by atoms with Crippen LogP contribution in [0.1, 0.15) is 30.7 Å². The van der Waals surface area contributed by atoms with Gasteiger partial charge in [0, 0.05) is 31.5 Å². The average molecular weight is 377 g/mol. The van der Waals surface area contributed by atoms with Crippen molar-refractivity contribution < 1.29 is 9.21 Å². The molecule has 2 aromatic carbocycles. The summed E-state index contributed by atoms with van der Waals surface area (Å²) in [4.78, 5) is 18.9. The summed E-state index contributed by atoms with van der Waals surface area (Å²) in [5.41, 5.74) is 7.78. The van der Waals surface area contributed by atoms with Gasteiger partial charge >= 0.3 is 0 Å². The zero-order chi connectivity index (χ0) is 19.6. The van der Waals surface area contributed by atoms with E-state index in [1.165, 1.54) is 0 Å². The van der Waals surface area contributed by atoms with Crippen LogP contribution in [0.2, 0.25) is 0 Å². The number of nitrogens with zero attached hydrogens (tertiary/aromatic N) is 2. The molecule has 0 fully saturated rings. The monoisotopic (exact) mass is 377 g/mol. The highest BCUT2D eigenvalue weighted by molar-refractivity contribution is 5.76. The first-order valence-electron chi connectivity index (χ1n) is 9.78. The van der Waals surface area contributed by atoms with Gasteiger partial charge in [0.1, 0.15) is 0 Å². The standard InChI is InChI=1S/C23H27N3O2/c24-15-8-16-26(18-19-9-3-1-4-10-19)23(27)14-7-13-22-25-17-21(28-22)20-11-5-2-6-12-20/h1-6,9-12,17H,7-8,13-16,18,24H2. The van der Waals surface area contributed by atoms with Gasteiger partial charge in [0.2, 0.25) is 5.91 Å². The molecule has 28 heavy (non-hydrogen) atoms. The maximum Gasteiger partial charge on any atom is 0.222 e. The molecular formula is C23H27N3O2. The third kappa shape index (κ3) is 5.79. The lowest BCUT2D eigenvalue weighted by Crippen LogP contribution is -2.32. The number of benzene rings is 2. The molecule has 0 aliphatic heterocycles. The number of amides is 1. The van der Waals surface area contributed by atoms with Gasteiger partial charge in [-0.15, -0.1) is 0 Å². The summed E-state index contributed by atoms with van der Waals surface area (Å²) in [6.07, 6.45) is 4.38. The fourth-order valence-corrected chi connectivity index (χ4v) is 3.09. The molecule has 0 saturated carbocycles. The summed E-state index contributed by atoms with van der Waals surface area (Å²) in [5.74, 6) is 1.57. The van der Waals surface area contributed by atoms with Crippen LogP contribution in [0.25, 0.3) is 11.3 Å². The molecule has 0 saturated heterocycles. The molecule has 5 nitrogen and oxygen atoms in total. The number of rotatable bonds is 10. The van der Waals surface area contributed by atoms with E-state index < -0.39 is 0 Å². The van der Waals surface area contributed by atoms with Crippen molar-refractivity contribution in [3.05, 3.63) is 78.3 Å². The Morgan fingerprint density at radius 1 is 1.00 bits per heavy atom. The molecule has 5 heteroatoms. The van der Waals surface area contributed by atoms with Gasteiger partial charge < -0.3 is 15.1 Å². The summed E-state index contributed by atoms with van der Waals surface area (Å²) in [6, 6.07) is 20.0. The highest BCUT2D eigenvalue weighted by atomic mass is 16.4. The minimum atomic E-state index is 0.146. The van der Waals surface area contributed by atoms with E-state index in [0.29, 0.717) is 44.8 Å². The van der Waals surface area contributed by atoms with Gasteiger partial charge in [-0.25, -0.2) is 4.98 Å². The molecule has 2 N–H and O–H groups in total.